The second-order valence-electron chi connectivity index (χ2n) is 5.87. The van der Waals surface area contributed by atoms with Gasteiger partial charge in [-0.15, -0.1) is 0 Å². The molecule has 2 aromatic carbocycles. The summed E-state index contributed by atoms with van der Waals surface area (Å²) in [6.07, 6.45) is 1.17. The fraction of sp³-hybridized carbons (Fsp3) is 0.368. The average Bonchev–Trinajstić information content (AvgIpc) is 2.87. The summed E-state index contributed by atoms with van der Waals surface area (Å²) in [5.41, 5.74) is 2.57. The third-order valence-corrected chi connectivity index (χ3v) is 4.61. The van der Waals surface area contributed by atoms with Gasteiger partial charge < -0.3 is 10.1 Å². The van der Waals surface area contributed by atoms with Crippen molar-refractivity contribution in [3.63, 3.8) is 0 Å². The number of rotatable bonds is 4. The van der Waals surface area contributed by atoms with Crippen molar-refractivity contribution in [1.82, 2.24) is 10.2 Å². The van der Waals surface area contributed by atoms with Crippen LogP contribution >= 0.6 is 11.6 Å². The molecule has 1 unspecified atom stereocenters. The summed E-state index contributed by atoms with van der Waals surface area (Å²) < 4.78 is 5.29. The van der Waals surface area contributed by atoms with E-state index in [9.17, 15) is 0 Å². The molecular weight excluding hydrogens is 308 g/mol. The lowest BCUT2D eigenvalue weighted by molar-refractivity contribution is 0.241. The van der Waals surface area contributed by atoms with Crippen LogP contribution in [0.2, 0.25) is 5.02 Å². The number of halogens is 1. The molecule has 0 spiro atoms. The summed E-state index contributed by atoms with van der Waals surface area (Å²) in [6, 6.07) is 16.9. The molecule has 122 valence electrons. The maximum absolute atomic E-state index is 6.07. The number of benzene rings is 2. The normalized spacial score (nSPS) is 17.5. The number of hydrogen-bond acceptors (Lipinski definition) is 3. The summed E-state index contributed by atoms with van der Waals surface area (Å²) >= 11 is 6.07. The molecule has 0 saturated carbocycles. The lowest BCUT2D eigenvalue weighted by Gasteiger charge is -2.31. The first kappa shape index (κ1) is 16.3. The van der Waals surface area contributed by atoms with E-state index in [0.29, 0.717) is 0 Å². The molecule has 1 aliphatic rings. The van der Waals surface area contributed by atoms with Gasteiger partial charge in [0.15, 0.2) is 0 Å². The van der Waals surface area contributed by atoms with Gasteiger partial charge in [-0.2, -0.15) is 0 Å². The fourth-order valence-corrected chi connectivity index (χ4v) is 3.30. The highest BCUT2D eigenvalue weighted by Gasteiger charge is 2.23. The van der Waals surface area contributed by atoms with Gasteiger partial charge in [0.05, 0.1) is 13.2 Å². The van der Waals surface area contributed by atoms with E-state index in [1.807, 2.05) is 24.3 Å². The lowest BCUT2D eigenvalue weighted by atomic mass is 9.96. The van der Waals surface area contributed by atoms with Crippen LogP contribution in [-0.4, -0.2) is 38.2 Å². The molecule has 1 atom stereocenters. The highest BCUT2D eigenvalue weighted by molar-refractivity contribution is 6.30. The van der Waals surface area contributed by atoms with Gasteiger partial charge in [0, 0.05) is 24.7 Å². The average molecular weight is 331 g/mol. The minimum Gasteiger partial charge on any atom is -0.497 e. The SMILES string of the molecule is COc1ccc(C(c2ccc(Cl)cc2)N2CCCNCC2)cc1. The largest absolute Gasteiger partial charge is 0.497 e. The highest BCUT2D eigenvalue weighted by Crippen LogP contribution is 2.31. The predicted octanol–water partition coefficient (Wildman–Crippen LogP) is 3.73. The predicted molar refractivity (Wildman–Crippen MR) is 95.3 cm³/mol. The standard InChI is InChI=1S/C19H23ClN2O/c1-23-18-9-5-16(6-10-18)19(15-3-7-17(20)8-4-15)22-13-2-11-21-12-14-22/h3-10,19,21H,2,11-14H2,1H3. The molecular formula is C19H23ClN2O. The Labute approximate surface area is 143 Å². The molecule has 3 nitrogen and oxygen atoms in total. The smallest absolute Gasteiger partial charge is 0.118 e. The molecule has 0 radical (unpaired) electrons. The molecule has 1 saturated heterocycles. The van der Waals surface area contributed by atoms with Crippen molar-refractivity contribution in [3.05, 3.63) is 64.7 Å². The first-order valence-corrected chi connectivity index (χ1v) is 8.50. The zero-order chi connectivity index (χ0) is 16.1. The van der Waals surface area contributed by atoms with Crippen molar-refractivity contribution in [2.45, 2.75) is 12.5 Å². The van der Waals surface area contributed by atoms with Crippen LogP contribution in [0.5, 0.6) is 5.75 Å². The number of methoxy groups -OCH3 is 1. The Kier molecular flexibility index (Phi) is 5.55. The van der Waals surface area contributed by atoms with Gasteiger partial charge in [0.25, 0.3) is 0 Å². The van der Waals surface area contributed by atoms with Crippen LogP contribution in [0.15, 0.2) is 48.5 Å². The topological polar surface area (TPSA) is 24.5 Å². The maximum atomic E-state index is 6.07. The van der Waals surface area contributed by atoms with Crippen molar-refractivity contribution in [2.75, 3.05) is 33.3 Å². The molecule has 1 aliphatic heterocycles. The number of nitrogens with zero attached hydrogens (tertiary/aromatic N) is 1. The number of hydrogen-bond donors (Lipinski definition) is 1. The molecule has 1 fully saturated rings. The molecule has 0 aliphatic carbocycles. The highest BCUT2D eigenvalue weighted by atomic mass is 35.5. The third-order valence-electron chi connectivity index (χ3n) is 4.36. The van der Waals surface area contributed by atoms with Gasteiger partial charge >= 0.3 is 0 Å². The molecule has 23 heavy (non-hydrogen) atoms. The van der Waals surface area contributed by atoms with Crippen LogP contribution in [0.25, 0.3) is 0 Å². The Morgan fingerprint density at radius 3 is 2.26 bits per heavy atom. The van der Waals surface area contributed by atoms with Crippen LogP contribution in [0, 0.1) is 0 Å². The van der Waals surface area contributed by atoms with E-state index in [4.69, 9.17) is 16.3 Å². The van der Waals surface area contributed by atoms with E-state index in [0.717, 1.165) is 37.0 Å². The van der Waals surface area contributed by atoms with Crippen LogP contribution in [0.4, 0.5) is 0 Å². The summed E-state index contributed by atoms with van der Waals surface area (Å²) in [4.78, 5) is 2.55. The third kappa shape index (κ3) is 4.05. The van der Waals surface area contributed by atoms with E-state index in [2.05, 4.69) is 34.5 Å². The van der Waals surface area contributed by atoms with Crippen LogP contribution in [0.3, 0.4) is 0 Å². The minimum absolute atomic E-state index is 0.248. The summed E-state index contributed by atoms with van der Waals surface area (Å²) in [5.74, 6) is 0.890. The molecule has 3 rings (SSSR count). The zero-order valence-electron chi connectivity index (χ0n) is 13.5. The Bertz CT molecular complexity index is 604. The van der Waals surface area contributed by atoms with E-state index < -0.39 is 0 Å². The minimum atomic E-state index is 0.248. The van der Waals surface area contributed by atoms with Crippen molar-refractivity contribution in [2.24, 2.45) is 0 Å². The van der Waals surface area contributed by atoms with Crippen LogP contribution in [0.1, 0.15) is 23.6 Å². The van der Waals surface area contributed by atoms with E-state index in [1.165, 1.54) is 17.5 Å². The Hall–Kier alpha value is -1.55. The second kappa shape index (κ2) is 7.82. The molecule has 4 heteroatoms. The van der Waals surface area contributed by atoms with Crippen molar-refractivity contribution < 1.29 is 4.74 Å². The van der Waals surface area contributed by atoms with Crippen molar-refractivity contribution in [1.29, 1.82) is 0 Å². The monoisotopic (exact) mass is 330 g/mol. The van der Waals surface area contributed by atoms with Gasteiger partial charge in [0.2, 0.25) is 0 Å². The van der Waals surface area contributed by atoms with Crippen molar-refractivity contribution in [3.8, 4) is 5.75 Å². The molecule has 0 amide bonds. The fourth-order valence-electron chi connectivity index (χ4n) is 3.17. The first-order chi connectivity index (χ1) is 11.3. The van der Waals surface area contributed by atoms with E-state index in [1.54, 1.807) is 7.11 Å². The van der Waals surface area contributed by atoms with Crippen LogP contribution in [-0.2, 0) is 0 Å². The Balaban J connectivity index is 1.95. The van der Waals surface area contributed by atoms with Crippen molar-refractivity contribution >= 4 is 11.6 Å². The Morgan fingerprint density at radius 2 is 1.61 bits per heavy atom. The first-order valence-electron chi connectivity index (χ1n) is 8.12. The molecule has 2 aromatic rings. The molecule has 0 bridgehead atoms. The summed E-state index contributed by atoms with van der Waals surface area (Å²) in [6.45, 7) is 4.25. The molecule has 1 N–H and O–H groups in total. The van der Waals surface area contributed by atoms with Gasteiger partial charge in [0.1, 0.15) is 5.75 Å². The quantitative estimate of drug-likeness (QED) is 0.924. The lowest BCUT2D eigenvalue weighted by Crippen LogP contribution is -2.33. The number of nitrogens with one attached hydrogen (secondary N) is 1. The van der Waals surface area contributed by atoms with Gasteiger partial charge in [-0.05, 0) is 48.4 Å². The second-order valence-corrected chi connectivity index (χ2v) is 6.30. The van der Waals surface area contributed by atoms with E-state index in [-0.39, 0.29) is 6.04 Å². The maximum Gasteiger partial charge on any atom is 0.118 e. The molecule has 0 aromatic heterocycles. The van der Waals surface area contributed by atoms with Gasteiger partial charge in [-0.25, -0.2) is 0 Å². The van der Waals surface area contributed by atoms with Gasteiger partial charge in [-0.3, -0.25) is 4.90 Å². The Morgan fingerprint density at radius 1 is 0.957 bits per heavy atom. The van der Waals surface area contributed by atoms with E-state index >= 15 is 0 Å². The summed E-state index contributed by atoms with van der Waals surface area (Å²) in [7, 11) is 1.70. The molecule has 1 heterocycles. The zero-order valence-corrected chi connectivity index (χ0v) is 14.2. The number of ether oxygens (including phenoxy) is 1. The summed E-state index contributed by atoms with van der Waals surface area (Å²) in [5, 5.41) is 4.26. The van der Waals surface area contributed by atoms with Gasteiger partial charge in [-0.1, -0.05) is 35.9 Å². The van der Waals surface area contributed by atoms with Crippen LogP contribution < -0.4 is 10.1 Å².